The summed E-state index contributed by atoms with van der Waals surface area (Å²) in [5.74, 6) is 0.0791. The first kappa shape index (κ1) is 17.7. The van der Waals surface area contributed by atoms with Gasteiger partial charge in [-0.1, -0.05) is 18.2 Å². The average molecular weight is 391 g/mol. The van der Waals surface area contributed by atoms with Crippen LogP contribution in [0, 0.1) is 0 Å². The molecule has 0 saturated carbocycles. The summed E-state index contributed by atoms with van der Waals surface area (Å²) >= 11 is 0. The van der Waals surface area contributed by atoms with Crippen molar-refractivity contribution in [3.05, 3.63) is 53.2 Å². The van der Waals surface area contributed by atoms with Crippen molar-refractivity contribution in [3.8, 4) is 0 Å². The fraction of sp³-hybridized carbons (Fsp3) is 0.333. The highest BCUT2D eigenvalue weighted by atomic mass is 16.2. The third-order valence-electron chi connectivity index (χ3n) is 5.78. The van der Waals surface area contributed by atoms with Gasteiger partial charge >= 0.3 is 0 Å². The van der Waals surface area contributed by atoms with E-state index in [1.165, 1.54) is 0 Å². The van der Waals surface area contributed by atoms with Crippen LogP contribution >= 0.6 is 0 Å². The summed E-state index contributed by atoms with van der Waals surface area (Å²) in [4.78, 5) is 45.2. The second kappa shape index (κ2) is 6.88. The molecule has 0 aliphatic carbocycles. The zero-order valence-electron chi connectivity index (χ0n) is 15.9. The number of anilines is 2. The lowest BCUT2D eigenvalue weighted by molar-refractivity contribution is -0.136. The van der Waals surface area contributed by atoms with E-state index in [4.69, 9.17) is 0 Å². The lowest BCUT2D eigenvalue weighted by atomic mass is 10.0. The van der Waals surface area contributed by atoms with Gasteiger partial charge in [-0.05, 0) is 29.7 Å². The molecule has 0 spiro atoms. The quantitative estimate of drug-likeness (QED) is 0.766. The molecule has 3 aliphatic rings. The second-order valence-electron chi connectivity index (χ2n) is 7.57. The van der Waals surface area contributed by atoms with Crippen LogP contribution in [0.2, 0.25) is 0 Å². The molecular formula is C21H21N5O3. The Hall–Kier alpha value is -3.42. The zero-order valence-corrected chi connectivity index (χ0v) is 15.9. The van der Waals surface area contributed by atoms with Gasteiger partial charge in [-0.25, -0.2) is 4.98 Å². The lowest BCUT2D eigenvalue weighted by Crippen LogP contribution is -2.52. The van der Waals surface area contributed by atoms with Crippen LogP contribution in [0.4, 0.5) is 11.5 Å². The third-order valence-corrected chi connectivity index (χ3v) is 5.78. The number of hydrogen-bond acceptors (Lipinski definition) is 6. The standard InChI is InChI=1S/C21H21N5O3/c27-17-7-6-16(20(28)24-17)26-12-14-4-1-3-13(18(14)21(26)29)11-25-10-9-22-15-5-2-8-23-19(15)25/h1-5,8,16,22H,6-7,9-12H2,(H,24,27,28). The van der Waals surface area contributed by atoms with Crippen molar-refractivity contribution in [3.63, 3.8) is 0 Å². The number of fused-ring (bicyclic) bond motifs is 2. The Kier molecular flexibility index (Phi) is 4.19. The number of aromatic nitrogens is 1. The van der Waals surface area contributed by atoms with Crippen molar-refractivity contribution in [1.82, 2.24) is 15.2 Å². The maximum Gasteiger partial charge on any atom is 0.255 e. The largest absolute Gasteiger partial charge is 0.380 e. The van der Waals surface area contributed by atoms with Gasteiger partial charge in [0.05, 0.1) is 5.69 Å². The van der Waals surface area contributed by atoms with Gasteiger partial charge in [-0.3, -0.25) is 19.7 Å². The van der Waals surface area contributed by atoms with Crippen LogP contribution < -0.4 is 15.5 Å². The number of piperidine rings is 1. The number of carbonyl (C=O) groups excluding carboxylic acids is 3. The molecule has 0 bridgehead atoms. The minimum Gasteiger partial charge on any atom is -0.380 e. The smallest absolute Gasteiger partial charge is 0.255 e. The Bertz CT molecular complexity index is 1020. The number of nitrogens with zero attached hydrogens (tertiary/aromatic N) is 3. The van der Waals surface area contributed by atoms with E-state index in [0.717, 1.165) is 35.7 Å². The highest BCUT2D eigenvalue weighted by Crippen LogP contribution is 2.32. The molecular weight excluding hydrogens is 370 g/mol. The number of amides is 3. The molecule has 1 aromatic carbocycles. The van der Waals surface area contributed by atoms with Crippen molar-refractivity contribution in [1.29, 1.82) is 0 Å². The molecule has 3 aliphatic heterocycles. The van der Waals surface area contributed by atoms with Crippen molar-refractivity contribution in [2.45, 2.75) is 32.0 Å². The summed E-state index contributed by atoms with van der Waals surface area (Å²) in [6, 6.07) is 9.16. The summed E-state index contributed by atoms with van der Waals surface area (Å²) in [6.45, 7) is 2.57. The number of imide groups is 1. The van der Waals surface area contributed by atoms with Crippen LogP contribution in [-0.2, 0) is 22.7 Å². The van der Waals surface area contributed by atoms with Gasteiger partial charge in [0.1, 0.15) is 6.04 Å². The molecule has 8 nitrogen and oxygen atoms in total. The first-order valence-corrected chi connectivity index (χ1v) is 9.81. The van der Waals surface area contributed by atoms with E-state index in [1.807, 2.05) is 30.3 Å². The third kappa shape index (κ3) is 3.00. The SMILES string of the molecule is O=C1CCC(N2Cc3cccc(CN4CCNc5cccnc54)c3C2=O)C(=O)N1. The van der Waals surface area contributed by atoms with E-state index >= 15 is 0 Å². The number of carbonyl (C=O) groups is 3. The number of benzene rings is 1. The van der Waals surface area contributed by atoms with Gasteiger partial charge in [0.25, 0.3) is 5.91 Å². The summed E-state index contributed by atoms with van der Waals surface area (Å²) in [7, 11) is 0. The molecule has 2 N–H and O–H groups in total. The summed E-state index contributed by atoms with van der Waals surface area (Å²) in [5.41, 5.74) is 3.52. The van der Waals surface area contributed by atoms with E-state index in [1.54, 1.807) is 11.1 Å². The van der Waals surface area contributed by atoms with E-state index in [2.05, 4.69) is 20.5 Å². The number of rotatable bonds is 3. The summed E-state index contributed by atoms with van der Waals surface area (Å²) in [5, 5.41) is 5.70. The van der Waals surface area contributed by atoms with E-state index < -0.39 is 6.04 Å². The average Bonchev–Trinajstić information content (AvgIpc) is 3.06. The predicted octanol–water partition coefficient (Wildman–Crippen LogP) is 1.27. The van der Waals surface area contributed by atoms with E-state index in [-0.39, 0.29) is 24.1 Å². The first-order valence-electron chi connectivity index (χ1n) is 9.81. The molecule has 2 aromatic rings. The molecule has 3 amide bonds. The zero-order chi connectivity index (χ0) is 20.0. The fourth-order valence-electron chi connectivity index (χ4n) is 4.40. The van der Waals surface area contributed by atoms with Crippen LogP contribution in [0.5, 0.6) is 0 Å². The Morgan fingerprint density at radius 2 is 2.03 bits per heavy atom. The van der Waals surface area contributed by atoms with Crippen LogP contribution in [0.25, 0.3) is 0 Å². The highest BCUT2D eigenvalue weighted by molar-refractivity contribution is 6.06. The topological polar surface area (TPSA) is 94.6 Å². The second-order valence-corrected chi connectivity index (χ2v) is 7.57. The van der Waals surface area contributed by atoms with Crippen LogP contribution in [-0.4, -0.2) is 46.7 Å². The minimum atomic E-state index is -0.595. The van der Waals surface area contributed by atoms with E-state index in [9.17, 15) is 14.4 Å². The summed E-state index contributed by atoms with van der Waals surface area (Å²) in [6.07, 6.45) is 2.39. The Morgan fingerprint density at radius 1 is 1.14 bits per heavy atom. The molecule has 4 heterocycles. The number of nitrogens with one attached hydrogen (secondary N) is 2. The molecule has 1 saturated heterocycles. The predicted molar refractivity (Wildman–Crippen MR) is 106 cm³/mol. The lowest BCUT2D eigenvalue weighted by Gasteiger charge is -2.31. The summed E-state index contributed by atoms with van der Waals surface area (Å²) < 4.78 is 0. The van der Waals surface area contributed by atoms with Crippen molar-refractivity contribution in [2.24, 2.45) is 0 Å². The van der Waals surface area contributed by atoms with Crippen molar-refractivity contribution >= 4 is 29.2 Å². The van der Waals surface area contributed by atoms with Crippen molar-refractivity contribution in [2.75, 3.05) is 23.3 Å². The van der Waals surface area contributed by atoms with Gasteiger partial charge in [-0.2, -0.15) is 0 Å². The molecule has 0 radical (unpaired) electrons. The normalized spacial score (nSPS) is 20.8. The van der Waals surface area contributed by atoms with Crippen LogP contribution in [0.1, 0.15) is 34.3 Å². The highest BCUT2D eigenvalue weighted by Gasteiger charge is 2.40. The Morgan fingerprint density at radius 3 is 2.90 bits per heavy atom. The molecule has 8 heteroatoms. The fourth-order valence-corrected chi connectivity index (χ4v) is 4.40. The Labute approximate surface area is 167 Å². The molecule has 1 atom stereocenters. The van der Waals surface area contributed by atoms with Gasteiger partial charge in [0, 0.05) is 44.4 Å². The van der Waals surface area contributed by atoms with Gasteiger partial charge in [0.2, 0.25) is 11.8 Å². The molecule has 148 valence electrons. The van der Waals surface area contributed by atoms with Gasteiger partial charge in [0.15, 0.2) is 5.82 Å². The van der Waals surface area contributed by atoms with Gasteiger partial charge in [-0.15, -0.1) is 0 Å². The minimum absolute atomic E-state index is 0.138. The van der Waals surface area contributed by atoms with Crippen LogP contribution in [0.15, 0.2) is 36.5 Å². The molecule has 1 fully saturated rings. The van der Waals surface area contributed by atoms with Crippen LogP contribution in [0.3, 0.4) is 0 Å². The monoisotopic (exact) mass is 391 g/mol. The van der Waals surface area contributed by atoms with E-state index in [0.29, 0.717) is 25.1 Å². The maximum atomic E-state index is 13.2. The maximum absolute atomic E-state index is 13.2. The molecule has 1 unspecified atom stereocenters. The number of hydrogen-bond donors (Lipinski definition) is 2. The molecule has 5 rings (SSSR count). The van der Waals surface area contributed by atoms with Gasteiger partial charge < -0.3 is 15.1 Å². The van der Waals surface area contributed by atoms with Crippen molar-refractivity contribution < 1.29 is 14.4 Å². The molecule has 29 heavy (non-hydrogen) atoms. The Balaban J connectivity index is 1.43. The molecule has 1 aromatic heterocycles. The first-order chi connectivity index (χ1) is 14.1. The number of pyridine rings is 1.